The Labute approximate surface area is 162 Å². The van der Waals surface area contributed by atoms with Crippen LogP contribution in [0.15, 0.2) is 54.9 Å². The molecule has 0 spiro atoms. The number of hydrogen-bond acceptors (Lipinski definition) is 5. The van der Waals surface area contributed by atoms with Gasteiger partial charge < -0.3 is 15.5 Å². The van der Waals surface area contributed by atoms with Crippen LogP contribution in [0.4, 0.5) is 17.2 Å². The van der Waals surface area contributed by atoms with Crippen LogP contribution in [0.5, 0.6) is 0 Å². The topological polar surface area (TPSA) is 87.2 Å². The van der Waals surface area contributed by atoms with Gasteiger partial charge in [-0.05, 0) is 49.2 Å². The van der Waals surface area contributed by atoms with Gasteiger partial charge in [-0.2, -0.15) is 0 Å². The number of benzene rings is 2. The van der Waals surface area contributed by atoms with Crippen molar-refractivity contribution < 1.29 is 9.59 Å². The van der Waals surface area contributed by atoms with Gasteiger partial charge in [0.1, 0.15) is 18.2 Å². The molecule has 1 aliphatic heterocycles. The highest BCUT2D eigenvalue weighted by Crippen LogP contribution is 2.30. The molecule has 0 saturated carbocycles. The first-order chi connectivity index (χ1) is 13.6. The Bertz CT molecular complexity index is 1010. The number of nitrogens with one attached hydrogen (secondary N) is 2. The Hall–Kier alpha value is -3.48. The third-order valence-corrected chi connectivity index (χ3v) is 4.82. The smallest absolute Gasteiger partial charge is 0.247 e. The Morgan fingerprint density at radius 2 is 1.71 bits per heavy atom. The molecule has 3 aromatic rings. The molecule has 28 heavy (non-hydrogen) atoms. The third-order valence-electron chi connectivity index (χ3n) is 4.82. The number of carbonyl (C=O) groups excluding carboxylic acids is 2. The summed E-state index contributed by atoms with van der Waals surface area (Å²) in [6.07, 6.45) is 3.25. The van der Waals surface area contributed by atoms with Crippen molar-refractivity contribution in [2.75, 3.05) is 22.1 Å². The van der Waals surface area contributed by atoms with Crippen LogP contribution in [0.1, 0.15) is 19.8 Å². The van der Waals surface area contributed by atoms with Crippen LogP contribution in [0.25, 0.3) is 10.9 Å². The van der Waals surface area contributed by atoms with E-state index in [9.17, 15) is 9.59 Å². The van der Waals surface area contributed by atoms with E-state index in [0.29, 0.717) is 11.4 Å². The van der Waals surface area contributed by atoms with Crippen molar-refractivity contribution in [1.29, 1.82) is 0 Å². The van der Waals surface area contributed by atoms with Crippen molar-refractivity contribution in [2.45, 2.75) is 25.8 Å². The normalized spacial score (nSPS) is 16.2. The highest BCUT2D eigenvalue weighted by molar-refractivity contribution is 5.99. The number of rotatable bonds is 4. The second kappa shape index (κ2) is 7.64. The average molecular weight is 375 g/mol. The lowest BCUT2D eigenvalue weighted by atomic mass is 10.1. The van der Waals surface area contributed by atoms with E-state index in [0.717, 1.165) is 36.1 Å². The molecule has 0 radical (unpaired) electrons. The summed E-state index contributed by atoms with van der Waals surface area (Å²) in [6, 6.07) is 14.6. The monoisotopic (exact) mass is 375 g/mol. The lowest BCUT2D eigenvalue weighted by Crippen LogP contribution is -2.40. The van der Waals surface area contributed by atoms with Gasteiger partial charge in [0.25, 0.3) is 0 Å². The predicted molar refractivity (Wildman–Crippen MR) is 109 cm³/mol. The van der Waals surface area contributed by atoms with E-state index in [1.165, 1.54) is 6.92 Å². The molecule has 1 fully saturated rings. The summed E-state index contributed by atoms with van der Waals surface area (Å²) in [5.74, 6) is 0.604. The molecule has 2 aromatic carbocycles. The Morgan fingerprint density at radius 1 is 1.00 bits per heavy atom. The Kier molecular flexibility index (Phi) is 4.89. The lowest BCUT2D eigenvalue weighted by molar-refractivity contribution is -0.117. The summed E-state index contributed by atoms with van der Waals surface area (Å²) < 4.78 is 0. The first-order valence-corrected chi connectivity index (χ1v) is 9.27. The second-order valence-electron chi connectivity index (χ2n) is 6.81. The van der Waals surface area contributed by atoms with Gasteiger partial charge in [-0.25, -0.2) is 9.97 Å². The van der Waals surface area contributed by atoms with E-state index < -0.39 is 0 Å². The van der Waals surface area contributed by atoms with Gasteiger partial charge in [0.15, 0.2) is 0 Å². The van der Waals surface area contributed by atoms with Crippen LogP contribution in [0.3, 0.4) is 0 Å². The summed E-state index contributed by atoms with van der Waals surface area (Å²) in [7, 11) is 0. The van der Waals surface area contributed by atoms with Crippen molar-refractivity contribution in [3.05, 3.63) is 54.9 Å². The zero-order valence-corrected chi connectivity index (χ0v) is 15.6. The van der Waals surface area contributed by atoms with Gasteiger partial charge >= 0.3 is 0 Å². The fraction of sp³-hybridized carbons (Fsp3) is 0.238. The standard InChI is InChI=1S/C21H21N5O2/c1-14(27)24-15-8-10-16(11-9-15)25-21(28)19-7-4-12-26(19)20-17-5-2-3-6-18(17)22-13-23-20/h2-3,5-6,8-11,13,19H,4,7,12H2,1H3,(H,24,27)(H,25,28)/t19-/m0/s1. The SMILES string of the molecule is CC(=O)Nc1ccc(NC(=O)[C@@H]2CCCN2c2ncnc3ccccc23)cc1. The zero-order valence-electron chi connectivity index (χ0n) is 15.6. The third kappa shape index (κ3) is 3.64. The first-order valence-electron chi connectivity index (χ1n) is 9.27. The maximum absolute atomic E-state index is 12.9. The molecule has 2 heterocycles. The summed E-state index contributed by atoms with van der Waals surface area (Å²) in [5.41, 5.74) is 2.26. The molecular formula is C21H21N5O2. The van der Waals surface area contributed by atoms with E-state index in [1.54, 1.807) is 30.6 Å². The van der Waals surface area contributed by atoms with Gasteiger partial charge in [0, 0.05) is 30.2 Å². The van der Waals surface area contributed by atoms with Crippen LogP contribution < -0.4 is 15.5 Å². The molecule has 1 atom stereocenters. The highest BCUT2D eigenvalue weighted by Gasteiger charge is 2.32. The van der Waals surface area contributed by atoms with Crippen molar-refractivity contribution in [3.63, 3.8) is 0 Å². The first kappa shape index (κ1) is 17.9. The number of para-hydroxylation sites is 1. The minimum absolute atomic E-state index is 0.0625. The largest absolute Gasteiger partial charge is 0.344 e. The molecule has 1 aliphatic rings. The van der Waals surface area contributed by atoms with E-state index in [-0.39, 0.29) is 17.9 Å². The Morgan fingerprint density at radius 3 is 2.46 bits per heavy atom. The Balaban J connectivity index is 1.53. The molecule has 7 heteroatoms. The second-order valence-corrected chi connectivity index (χ2v) is 6.81. The molecule has 0 aliphatic carbocycles. The molecule has 0 unspecified atom stereocenters. The lowest BCUT2D eigenvalue weighted by Gasteiger charge is -2.25. The van der Waals surface area contributed by atoms with E-state index >= 15 is 0 Å². The molecule has 1 aromatic heterocycles. The molecule has 4 rings (SSSR count). The molecule has 1 saturated heterocycles. The number of amides is 2. The van der Waals surface area contributed by atoms with Crippen molar-refractivity contribution >= 4 is 39.9 Å². The minimum Gasteiger partial charge on any atom is -0.344 e. The van der Waals surface area contributed by atoms with Gasteiger partial charge in [-0.3, -0.25) is 9.59 Å². The van der Waals surface area contributed by atoms with Gasteiger partial charge in [0.2, 0.25) is 11.8 Å². The predicted octanol–water partition coefficient (Wildman–Crippen LogP) is 3.20. The summed E-state index contributed by atoms with van der Waals surface area (Å²) in [5, 5.41) is 6.64. The van der Waals surface area contributed by atoms with Gasteiger partial charge in [0.05, 0.1) is 5.52 Å². The maximum Gasteiger partial charge on any atom is 0.247 e. The zero-order chi connectivity index (χ0) is 19.5. The highest BCUT2D eigenvalue weighted by atomic mass is 16.2. The van der Waals surface area contributed by atoms with Crippen LogP contribution >= 0.6 is 0 Å². The van der Waals surface area contributed by atoms with Crippen molar-refractivity contribution in [2.24, 2.45) is 0 Å². The number of anilines is 3. The number of aromatic nitrogens is 2. The molecule has 0 bridgehead atoms. The maximum atomic E-state index is 12.9. The molecular weight excluding hydrogens is 354 g/mol. The number of nitrogens with zero attached hydrogens (tertiary/aromatic N) is 3. The quantitative estimate of drug-likeness (QED) is 0.731. The van der Waals surface area contributed by atoms with E-state index in [1.807, 2.05) is 24.3 Å². The van der Waals surface area contributed by atoms with Gasteiger partial charge in [-0.1, -0.05) is 12.1 Å². The van der Waals surface area contributed by atoms with E-state index in [4.69, 9.17) is 0 Å². The number of carbonyl (C=O) groups is 2. The average Bonchev–Trinajstić information content (AvgIpc) is 3.18. The van der Waals surface area contributed by atoms with Crippen LogP contribution in [-0.4, -0.2) is 34.4 Å². The van der Waals surface area contributed by atoms with E-state index in [2.05, 4.69) is 25.5 Å². The van der Waals surface area contributed by atoms with Crippen LogP contribution in [0, 0.1) is 0 Å². The van der Waals surface area contributed by atoms with Crippen molar-refractivity contribution in [1.82, 2.24) is 9.97 Å². The fourth-order valence-electron chi connectivity index (χ4n) is 3.58. The van der Waals surface area contributed by atoms with Crippen molar-refractivity contribution in [3.8, 4) is 0 Å². The molecule has 2 N–H and O–H groups in total. The fourth-order valence-corrected chi connectivity index (χ4v) is 3.58. The minimum atomic E-state index is -0.284. The molecule has 2 amide bonds. The summed E-state index contributed by atoms with van der Waals surface area (Å²) in [6.45, 7) is 2.24. The summed E-state index contributed by atoms with van der Waals surface area (Å²) in [4.78, 5) is 34.9. The van der Waals surface area contributed by atoms with Crippen LogP contribution in [0.2, 0.25) is 0 Å². The summed E-state index contributed by atoms with van der Waals surface area (Å²) >= 11 is 0. The van der Waals surface area contributed by atoms with Crippen LogP contribution in [-0.2, 0) is 9.59 Å². The number of fused-ring (bicyclic) bond motifs is 1. The number of hydrogen-bond donors (Lipinski definition) is 2. The van der Waals surface area contributed by atoms with Gasteiger partial charge in [-0.15, -0.1) is 0 Å². The molecule has 142 valence electrons. The molecule has 7 nitrogen and oxygen atoms in total.